The molecule has 2 aromatic rings. The first kappa shape index (κ1) is 22.6. The van der Waals surface area contributed by atoms with E-state index in [9.17, 15) is 19.7 Å². The highest BCUT2D eigenvalue weighted by molar-refractivity contribution is 6.04. The fourth-order valence-corrected chi connectivity index (χ4v) is 3.45. The molecule has 0 saturated heterocycles. The third-order valence-corrected chi connectivity index (χ3v) is 4.72. The molecule has 2 amide bonds. The van der Waals surface area contributed by atoms with Crippen molar-refractivity contribution in [3.63, 3.8) is 0 Å². The summed E-state index contributed by atoms with van der Waals surface area (Å²) >= 11 is 0. The predicted molar refractivity (Wildman–Crippen MR) is 115 cm³/mol. The number of nitrogens with zero attached hydrogens (tertiary/aromatic N) is 1. The first-order valence-electron chi connectivity index (χ1n) is 9.94. The highest BCUT2D eigenvalue weighted by Crippen LogP contribution is 2.42. The SMILES string of the molecule is CCOC(=O)C1=C(c2ccccc2)NC(=O)NC1c1cc(OCC)c(OC)c([N+](=O)[O-])c1. The molecule has 1 aliphatic heterocycles. The van der Waals surface area contributed by atoms with Crippen molar-refractivity contribution in [2.75, 3.05) is 20.3 Å². The Morgan fingerprint density at radius 3 is 2.47 bits per heavy atom. The summed E-state index contributed by atoms with van der Waals surface area (Å²) in [5, 5.41) is 17.0. The smallest absolute Gasteiger partial charge is 0.338 e. The van der Waals surface area contributed by atoms with Gasteiger partial charge in [-0.05, 0) is 31.0 Å². The lowest BCUT2D eigenvalue weighted by Crippen LogP contribution is -2.45. The number of rotatable bonds is 8. The van der Waals surface area contributed by atoms with Crippen LogP contribution in [0.3, 0.4) is 0 Å². The van der Waals surface area contributed by atoms with Crippen LogP contribution < -0.4 is 20.1 Å². The highest BCUT2D eigenvalue weighted by Gasteiger charge is 2.36. The number of nitrogens with one attached hydrogen (secondary N) is 2. The fraction of sp³-hybridized carbons (Fsp3) is 0.273. The van der Waals surface area contributed by atoms with Gasteiger partial charge in [0.15, 0.2) is 5.75 Å². The number of methoxy groups -OCH3 is 1. The molecular formula is C22H23N3O7. The lowest BCUT2D eigenvalue weighted by molar-refractivity contribution is -0.385. The number of carbonyl (C=O) groups is 2. The minimum absolute atomic E-state index is 0.0502. The molecule has 10 nitrogen and oxygen atoms in total. The minimum atomic E-state index is -1.03. The largest absolute Gasteiger partial charge is 0.490 e. The molecule has 1 unspecified atom stereocenters. The van der Waals surface area contributed by atoms with Crippen LogP contribution in [0.5, 0.6) is 11.5 Å². The van der Waals surface area contributed by atoms with Crippen LogP contribution in [-0.2, 0) is 9.53 Å². The van der Waals surface area contributed by atoms with Gasteiger partial charge in [-0.25, -0.2) is 9.59 Å². The van der Waals surface area contributed by atoms with E-state index in [4.69, 9.17) is 14.2 Å². The van der Waals surface area contributed by atoms with Gasteiger partial charge in [-0.15, -0.1) is 0 Å². The zero-order valence-electron chi connectivity index (χ0n) is 17.8. The molecular weight excluding hydrogens is 418 g/mol. The maximum Gasteiger partial charge on any atom is 0.338 e. The molecule has 2 N–H and O–H groups in total. The van der Waals surface area contributed by atoms with Crippen LogP contribution in [-0.4, -0.2) is 37.2 Å². The summed E-state index contributed by atoms with van der Waals surface area (Å²) in [7, 11) is 1.30. The standard InChI is InChI=1S/C22H23N3O7/c1-4-31-16-12-14(11-15(25(28)29)20(16)30-3)19-17(21(26)32-5-2)18(23-22(27)24-19)13-9-7-6-8-10-13/h6-12,19H,4-5H2,1-3H3,(H2,23,24,27). The van der Waals surface area contributed by atoms with E-state index in [0.29, 0.717) is 5.56 Å². The Kier molecular flexibility index (Phi) is 6.93. The van der Waals surface area contributed by atoms with E-state index in [1.54, 1.807) is 44.2 Å². The van der Waals surface area contributed by atoms with Crippen molar-refractivity contribution < 1.29 is 28.7 Å². The summed E-state index contributed by atoms with van der Waals surface area (Å²) in [6, 6.07) is 9.96. The summed E-state index contributed by atoms with van der Waals surface area (Å²) in [5.74, 6) is -0.595. The molecule has 1 heterocycles. The van der Waals surface area contributed by atoms with Crippen molar-refractivity contribution in [3.8, 4) is 11.5 Å². The fourth-order valence-electron chi connectivity index (χ4n) is 3.45. The predicted octanol–water partition coefficient (Wildman–Crippen LogP) is 3.33. The van der Waals surface area contributed by atoms with Gasteiger partial charge in [0.1, 0.15) is 0 Å². The van der Waals surface area contributed by atoms with Crippen molar-refractivity contribution in [1.82, 2.24) is 10.6 Å². The van der Waals surface area contributed by atoms with Crippen molar-refractivity contribution in [3.05, 3.63) is 69.3 Å². The third-order valence-electron chi connectivity index (χ3n) is 4.72. The Bertz CT molecular complexity index is 1070. The Morgan fingerprint density at radius 2 is 1.88 bits per heavy atom. The number of nitro benzene ring substituents is 1. The Hall–Kier alpha value is -4.08. The van der Waals surface area contributed by atoms with E-state index in [2.05, 4.69) is 10.6 Å². The number of hydrogen-bond donors (Lipinski definition) is 2. The molecule has 0 fully saturated rings. The van der Waals surface area contributed by atoms with E-state index in [-0.39, 0.29) is 47.2 Å². The Labute approximate surface area is 184 Å². The average Bonchev–Trinajstić information content (AvgIpc) is 2.78. The number of nitro groups is 1. The third kappa shape index (κ3) is 4.48. The van der Waals surface area contributed by atoms with Crippen LogP contribution in [0.1, 0.15) is 31.0 Å². The summed E-state index contributed by atoms with van der Waals surface area (Å²) in [6.45, 7) is 3.72. The van der Waals surface area contributed by atoms with Crippen molar-refractivity contribution in [2.45, 2.75) is 19.9 Å². The normalized spacial score (nSPS) is 15.5. The minimum Gasteiger partial charge on any atom is -0.490 e. The number of amides is 2. The van der Waals surface area contributed by atoms with Crippen molar-refractivity contribution >= 4 is 23.4 Å². The van der Waals surface area contributed by atoms with Crippen molar-refractivity contribution in [1.29, 1.82) is 0 Å². The molecule has 0 aliphatic carbocycles. The van der Waals surface area contributed by atoms with E-state index >= 15 is 0 Å². The molecule has 1 aliphatic rings. The second-order valence-corrected chi connectivity index (χ2v) is 6.67. The molecule has 2 aromatic carbocycles. The van der Waals surface area contributed by atoms with Gasteiger partial charge in [-0.2, -0.15) is 0 Å². The maximum atomic E-state index is 13.0. The quantitative estimate of drug-likeness (QED) is 0.365. The zero-order valence-corrected chi connectivity index (χ0v) is 17.8. The van der Waals surface area contributed by atoms with Crippen LogP contribution in [0.15, 0.2) is 48.0 Å². The maximum absolute atomic E-state index is 13.0. The number of urea groups is 1. The van der Waals surface area contributed by atoms with E-state index < -0.39 is 23.0 Å². The van der Waals surface area contributed by atoms with Crippen molar-refractivity contribution in [2.24, 2.45) is 0 Å². The van der Waals surface area contributed by atoms with Gasteiger partial charge in [-0.3, -0.25) is 10.1 Å². The van der Waals surface area contributed by atoms with Gasteiger partial charge in [0, 0.05) is 6.07 Å². The molecule has 0 aromatic heterocycles. The van der Waals surface area contributed by atoms with Crippen LogP contribution in [0.2, 0.25) is 0 Å². The Balaban J connectivity index is 2.27. The summed E-state index contributed by atoms with van der Waals surface area (Å²) < 4.78 is 16.0. The van der Waals surface area contributed by atoms with E-state index in [0.717, 1.165) is 0 Å². The Morgan fingerprint density at radius 1 is 1.16 bits per heavy atom. The van der Waals surface area contributed by atoms with Crippen LogP contribution >= 0.6 is 0 Å². The lowest BCUT2D eigenvalue weighted by Gasteiger charge is -2.29. The second kappa shape index (κ2) is 9.82. The van der Waals surface area contributed by atoms with Gasteiger partial charge in [0.2, 0.25) is 5.75 Å². The molecule has 3 rings (SSSR count). The summed E-state index contributed by atoms with van der Waals surface area (Å²) in [4.78, 5) is 36.6. The number of benzene rings is 2. The highest BCUT2D eigenvalue weighted by atomic mass is 16.6. The van der Waals surface area contributed by atoms with Gasteiger partial charge in [0.05, 0.1) is 42.6 Å². The molecule has 0 bridgehead atoms. The van der Waals surface area contributed by atoms with Gasteiger partial charge >= 0.3 is 17.7 Å². The summed E-state index contributed by atoms with van der Waals surface area (Å²) in [6.07, 6.45) is 0. The van der Waals surface area contributed by atoms with E-state index in [1.165, 1.54) is 19.2 Å². The van der Waals surface area contributed by atoms with E-state index in [1.807, 2.05) is 0 Å². The first-order valence-corrected chi connectivity index (χ1v) is 9.94. The van der Waals surface area contributed by atoms with Gasteiger partial charge in [-0.1, -0.05) is 30.3 Å². The lowest BCUT2D eigenvalue weighted by atomic mass is 9.92. The zero-order chi connectivity index (χ0) is 23.3. The molecule has 10 heteroatoms. The number of carbonyl (C=O) groups excluding carboxylic acids is 2. The number of ether oxygens (including phenoxy) is 3. The average molecular weight is 441 g/mol. The molecule has 0 spiro atoms. The number of esters is 1. The molecule has 0 radical (unpaired) electrons. The first-order chi connectivity index (χ1) is 15.4. The molecule has 1 atom stereocenters. The number of hydrogen-bond acceptors (Lipinski definition) is 7. The topological polar surface area (TPSA) is 129 Å². The molecule has 168 valence electrons. The van der Waals surface area contributed by atoms with Crippen LogP contribution in [0.4, 0.5) is 10.5 Å². The van der Waals surface area contributed by atoms with Crippen LogP contribution in [0.25, 0.3) is 5.70 Å². The monoisotopic (exact) mass is 441 g/mol. The molecule has 32 heavy (non-hydrogen) atoms. The molecule has 0 saturated carbocycles. The summed E-state index contributed by atoms with van der Waals surface area (Å²) in [5.41, 5.74) is 0.871. The second-order valence-electron chi connectivity index (χ2n) is 6.67. The van der Waals surface area contributed by atoms with Gasteiger partial charge < -0.3 is 24.8 Å². The van der Waals surface area contributed by atoms with Gasteiger partial charge in [0.25, 0.3) is 0 Å². The van der Waals surface area contributed by atoms with Crippen LogP contribution in [0, 0.1) is 10.1 Å².